The number of nitrogens with zero attached hydrogens (tertiary/aromatic N) is 4. The van der Waals surface area contributed by atoms with Gasteiger partial charge in [0.05, 0.1) is 30.3 Å². The van der Waals surface area contributed by atoms with Crippen LogP contribution in [0.1, 0.15) is 40.1 Å². The van der Waals surface area contributed by atoms with E-state index in [9.17, 15) is 14.4 Å². The predicted octanol–water partition coefficient (Wildman–Crippen LogP) is 1.59. The van der Waals surface area contributed by atoms with Crippen LogP contribution in [0.15, 0.2) is 36.8 Å². The van der Waals surface area contributed by atoms with E-state index < -0.39 is 5.91 Å². The molecule has 1 saturated heterocycles. The van der Waals surface area contributed by atoms with Gasteiger partial charge in [-0.25, -0.2) is 4.98 Å². The molecule has 0 saturated carbocycles. The molecule has 2 aliphatic heterocycles. The Hall–Kier alpha value is -3.53. The number of amides is 3. The first-order valence-electron chi connectivity index (χ1n) is 10.8. The van der Waals surface area contributed by atoms with E-state index in [1.54, 1.807) is 49.1 Å². The van der Waals surface area contributed by atoms with Gasteiger partial charge in [-0.15, -0.1) is 0 Å². The number of aromatic nitrogens is 2. The summed E-state index contributed by atoms with van der Waals surface area (Å²) in [6.45, 7) is 0.257. The SMILES string of the molecule is CN(C)C(=O)C[C@@H]1CC[C@H]2[C@@H](COc3ccc(NC(=O)c4cnccn4)cc3C(=O)N2C)O1. The van der Waals surface area contributed by atoms with Gasteiger partial charge in [-0.2, -0.15) is 0 Å². The highest BCUT2D eigenvalue weighted by molar-refractivity contribution is 6.04. The third-order valence-electron chi connectivity index (χ3n) is 5.97. The number of anilines is 1. The maximum absolute atomic E-state index is 13.3. The Balaban J connectivity index is 1.50. The number of benzene rings is 1. The molecule has 10 nitrogen and oxygen atoms in total. The van der Waals surface area contributed by atoms with Gasteiger partial charge in [0.2, 0.25) is 5.91 Å². The van der Waals surface area contributed by atoms with Crippen molar-refractivity contribution >= 4 is 23.4 Å². The van der Waals surface area contributed by atoms with E-state index in [4.69, 9.17) is 9.47 Å². The fourth-order valence-electron chi connectivity index (χ4n) is 4.09. The van der Waals surface area contributed by atoms with Crippen LogP contribution in [0.2, 0.25) is 0 Å². The van der Waals surface area contributed by atoms with E-state index in [1.807, 2.05) is 0 Å². The molecule has 1 N–H and O–H groups in total. The summed E-state index contributed by atoms with van der Waals surface area (Å²) in [4.78, 5) is 48.9. The molecule has 1 aromatic carbocycles. The van der Waals surface area contributed by atoms with Crippen LogP contribution in [0.25, 0.3) is 0 Å². The zero-order chi connectivity index (χ0) is 23.5. The molecule has 3 heterocycles. The monoisotopic (exact) mass is 453 g/mol. The summed E-state index contributed by atoms with van der Waals surface area (Å²) in [6.07, 6.45) is 5.44. The van der Waals surface area contributed by atoms with Crippen LogP contribution in [0, 0.1) is 0 Å². The number of hydrogen-bond donors (Lipinski definition) is 1. The lowest BCUT2D eigenvalue weighted by molar-refractivity contribution is -0.140. The van der Waals surface area contributed by atoms with E-state index >= 15 is 0 Å². The molecule has 0 radical (unpaired) electrons. The standard InChI is InChI=1S/C23H27N5O5/c1-27(2)21(29)11-15-5-6-18-20(33-15)13-32-19-7-4-14(10-16(19)23(31)28(18)3)26-22(30)17-12-24-8-9-25-17/h4,7-10,12,15,18,20H,5-6,11,13H2,1-3H3,(H,26,30)/t15-,18-,20+/m0/s1. The average molecular weight is 453 g/mol. The summed E-state index contributed by atoms with van der Waals surface area (Å²) in [5.74, 6) is -0.217. The van der Waals surface area contributed by atoms with Crippen molar-refractivity contribution in [2.24, 2.45) is 0 Å². The minimum absolute atomic E-state index is 0.0102. The molecular formula is C23H27N5O5. The largest absolute Gasteiger partial charge is 0.490 e. The van der Waals surface area contributed by atoms with Gasteiger partial charge in [0.15, 0.2) is 0 Å². The summed E-state index contributed by atoms with van der Waals surface area (Å²) < 4.78 is 12.1. The molecule has 33 heavy (non-hydrogen) atoms. The van der Waals surface area contributed by atoms with Crippen molar-refractivity contribution in [1.29, 1.82) is 0 Å². The summed E-state index contributed by atoms with van der Waals surface area (Å²) in [5.41, 5.74) is 0.986. The van der Waals surface area contributed by atoms with E-state index in [0.717, 1.165) is 0 Å². The van der Waals surface area contributed by atoms with Crippen LogP contribution in [-0.4, -0.2) is 83.5 Å². The summed E-state index contributed by atoms with van der Waals surface area (Å²) in [7, 11) is 5.19. The van der Waals surface area contributed by atoms with E-state index in [0.29, 0.717) is 36.3 Å². The predicted molar refractivity (Wildman–Crippen MR) is 119 cm³/mol. The average Bonchev–Trinajstić information content (AvgIpc) is 2.82. The van der Waals surface area contributed by atoms with Crippen molar-refractivity contribution in [3.63, 3.8) is 0 Å². The first-order chi connectivity index (χ1) is 15.8. The Labute approximate surface area is 191 Å². The van der Waals surface area contributed by atoms with E-state index in [2.05, 4.69) is 15.3 Å². The molecule has 174 valence electrons. The second-order valence-corrected chi connectivity index (χ2v) is 8.42. The van der Waals surface area contributed by atoms with Crippen molar-refractivity contribution in [3.8, 4) is 5.75 Å². The number of fused-ring (bicyclic) bond motifs is 2. The quantitative estimate of drug-likeness (QED) is 0.748. The fraction of sp³-hybridized carbons (Fsp3) is 0.435. The van der Waals surface area contributed by atoms with Crippen LogP contribution in [0.5, 0.6) is 5.75 Å². The minimum Gasteiger partial charge on any atom is -0.490 e. The van der Waals surface area contributed by atoms with Gasteiger partial charge in [-0.05, 0) is 31.0 Å². The number of carbonyl (C=O) groups is 3. The number of ether oxygens (including phenoxy) is 2. The highest BCUT2D eigenvalue weighted by Crippen LogP contribution is 2.32. The number of carbonyl (C=O) groups excluding carboxylic acids is 3. The lowest BCUT2D eigenvalue weighted by atomic mass is 9.94. The number of hydrogen-bond acceptors (Lipinski definition) is 7. The maximum atomic E-state index is 13.3. The molecule has 2 aromatic rings. The van der Waals surface area contributed by atoms with Gasteiger partial charge in [0, 0.05) is 39.2 Å². The second-order valence-electron chi connectivity index (χ2n) is 8.42. The smallest absolute Gasteiger partial charge is 0.275 e. The molecule has 4 rings (SSSR count). The molecule has 0 spiro atoms. The fourth-order valence-corrected chi connectivity index (χ4v) is 4.09. The Morgan fingerprint density at radius 2 is 2.06 bits per heavy atom. The van der Waals surface area contributed by atoms with Crippen molar-refractivity contribution in [2.75, 3.05) is 33.1 Å². The zero-order valence-corrected chi connectivity index (χ0v) is 18.9. The van der Waals surface area contributed by atoms with Crippen molar-refractivity contribution in [1.82, 2.24) is 19.8 Å². The van der Waals surface area contributed by atoms with Crippen LogP contribution < -0.4 is 10.1 Å². The van der Waals surface area contributed by atoms with Crippen LogP contribution in [0.4, 0.5) is 5.69 Å². The van der Waals surface area contributed by atoms with Gasteiger partial charge >= 0.3 is 0 Å². The molecule has 3 amide bonds. The normalized spacial score (nSPS) is 22.2. The second kappa shape index (κ2) is 9.53. The lowest BCUT2D eigenvalue weighted by Gasteiger charge is -2.42. The van der Waals surface area contributed by atoms with Crippen LogP contribution >= 0.6 is 0 Å². The molecule has 0 unspecified atom stereocenters. The van der Waals surface area contributed by atoms with Crippen molar-refractivity contribution in [2.45, 2.75) is 37.5 Å². The Morgan fingerprint density at radius 3 is 2.79 bits per heavy atom. The first-order valence-corrected chi connectivity index (χ1v) is 10.8. The van der Waals surface area contributed by atoms with E-state index in [-0.39, 0.29) is 42.4 Å². The molecular weight excluding hydrogens is 426 g/mol. The molecule has 1 aromatic heterocycles. The summed E-state index contributed by atoms with van der Waals surface area (Å²) in [6, 6.07) is 4.75. The molecule has 0 bridgehead atoms. The zero-order valence-electron chi connectivity index (χ0n) is 18.9. The Kier molecular flexibility index (Phi) is 6.55. The lowest BCUT2D eigenvalue weighted by Crippen LogP contribution is -2.53. The number of likely N-dealkylation sites (N-methyl/N-ethyl adjacent to an activating group) is 1. The molecule has 1 fully saturated rings. The third-order valence-corrected chi connectivity index (χ3v) is 5.97. The van der Waals surface area contributed by atoms with Gasteiger partial charge in [0.1, 0.15) is 24.2 Å². The minimum atomic E-state index is -0.422. The van der Waals surface area contributed by atoms with Gasteiger partial charge < -0.3 is 24.6 Å². The van der Waals surface area contributed by atoms with Crippen molar-refractivity contribution in [3.05, 3.63) is 48.0 Å². The van der Waals surface area contributed by atoms with Gasteiger partial charge in [-0.1, -0.05) is 0 Å². The Morgan fingerprint density at radius 1 is 1.24 bits per heavy atom. The van der Waals surface area contributed by atoms with Gasteiger partial charge in [0.25, 0.3) is 11.8 Å². The number of nitrogens with one attached hydrogen (secondary N) is 1. The van der Waals surface area contributed by atoms with E-state index in [1.165, 1.54) is 18.6 Å². The summed E-state index contributed by atoms with van der Waals surface area (Å²) in [5, 5.41) is 2.74. The summed E-state index contributed by atoms with van der Waals surface area (Å²) >= 11 is 0. The topological polar surface area (TPSA) is 114 Å². The third kappa shape index (κ3) is 4.95. The highest BCUT2D eigenvalue weighted by Gasteiger charge is 2.39. The molecule has 3 atom stereocenters. The number of rotatable bonds is 4. The molecule has 10 heteroatoms. The highest BCUT2D eigenvalue weighted by atomic mass is 16.5. The van der Waals surface area contributed by atoms with Crippen LogP contribution in [0.3, 0.4) is 0 Å². The first kappa shape index (κ1) is 22.7. The molecule has 2 aliphatic rings. The maximum Gasteiger partial charge on any atom is 0.275 e. The van der Waals surface area contributed by atoms with Crippen LogP contribution in [-0.2, 0) is 9.53 Å². The molecule has 0 aliphatic carbocycles. The van der Waals surface area contributed by atoms with Crippen molar-refractivity contribution < 1.29 is 23.9 Å². The Bertz CT molecular complexity index is 1040. The van der Waals surface area contributed by atoms with Gasteiger partial charge in [-0.3, -0.25) is 19.4 Å².